The first-order valence-corrected chi connectivity index (χ1v) is 8.55. The number of hydrogen-bond acceptors (Lipinski definition) is 4. The molecule has 0 aliphatic rings. The smallest absolute Gasteiger partial charge is 0.244 e. The fourth-order valence-corrected chi connectivity index (χ4v) is 3.20. The summed E-state index contributed by atoms with van der Waals surface area (Å²) in [5.74, 6) is -0.244. The Labute approximate surface area is 144 Å². The van der Waals surface area contributed by atoms with Crippen LogP contribution in [0.4, 0.5) is 0 Å². The second-order valence-electron chi connectivity index (χ2n) is 5.75. The van der Waals surface area contributed by atoms with Gasteiger partial charge in [0.05, 0.1) is 12.1 Å². The van der Waals surface area contributed by atoms with Crippen LogP contribution in [0, 0.1) is 0 Å². The minimum absolute atomic E-state index is 0.157. The van der Waals surface area contributed by atoms with Gasteiger partial charge in [-0.05, 0) is 53.1 Å². The van der Waals surface area contributed by atoms with Gasteiger partial charge >= 0.3 is 0 Å². The number of aromatic nitrogens is 1. The molecule has 0 aliphatic carbocycles. The molecule has 0 spiro atoms. The summed E-state index contributed by atoms with van der Waals surface area (Å²) in [6.45, 7) is 1.85. The molecule has 3 rings (SSSR count). The van der Waals surface area contributed by atoms with Gasteiger partial charge in [-0.3, -0.25) is 9.78 Å². The molecule has 0 bridgehead atoms. The Balaban J connectivity index is 1.67. The van der Waals surface area contributed by atoms with E-state index in [0.717, 1.165) is 22.0 Å². The third kappa shape index (κ3) is 3.69. The lowest BCUT2D eigenvalue weighted by Gasteiger charge is -2.22. The van der Waals surface area contributed by atoms with Gasteiger partial charge in [0.25, 0.3) is 0 Å². The molecule has 24 heavy (non-hydrogen) atoms. The van der Waals surface area contributed by atoms with Gasteiger partial charge in [-0.25, -0.2) is 0 Å². The van der Waals surface area contributed by atoms with E-state index in [1.165, 1.54) is 17.4 Å². The first kappa shape index (κ1) is 16.4. The Bertz CT molecular complexity index is 865. The van der Waals surface area contributed by atoms with E-state index in [-0.39, 0.29) is 12.5 Å². The standard InChI is InChI=1S/C19H18N2O2S/c1-19(23,15-9-11-24-12-15)13-21-18(22)7-6-14-8-10-20-17-5-3-2-4-16(14)17/h2-12,23H,13H2,1H3,(H,21,22). The fourth-order valence-electron chi connectivity index (χ4n) is 2.42. The van der Waals surface area contributed by atoms with Gasteiger partial charge < -0.3 is 10.4 Å². The van der Waals surface area contributed by atoms with E-state index < -0.39 is 5.60 Å². The maximum absolute atomic E-state index is 12.0. The highest BCUT2D eigenvalue weighted by Crippen LogP contribution is 2.22. The zero-order valence-corrected chi connectivity index (χ0v) is 14.1. The van der Waals surface area contributed by atoms with Crippen molar-refractivity contribution < 1.29 is 9.90 Å². The number of aliphatic hydroxyl groups is 1. The number of amides is 1. The molecular formula is C19H18N2O2S. The van der Waals surface area contributed by atoms with E-state index in [1.54, 1.807) is 19.2 Å². The van der Waals surface area contributed by atoms with Crippen molar-refractivity contribution in [3.05, 3.63) is 70.6 Å². The van der Waals surface area contributed by atoms with E-state index in [9.17, 15) is 9.90 Å². The van der Waals surface area contributed by atoms with Gasteiger partial charge in [0.15, 0.2) is 0 Å². The molecular weight excluding hydrogens is 320 g/mol. The van der Waals surface area contributed by atoms with Gasteiger partial charge in [-0.1, -0.05) is 18.2 Å². The van der Waals surface area contributed by atoms with Crippen LogP contribution in [-0.4, -0.2) is 22.5 Å². The molecule has 122 valence electrons. The Morgan fingerprint density at radius 3 is 2.96 bits per heavy atom. The minimum atomic E-state index is -1.08. The molecule has 2 heterocycles. The van der Waals surface area contributed by atoms with Crippen molar-refractivity contribution in [2.24, 2.45) is 0 Å². The van der Waals surface area contributed by atoms with Gasteiger partial charge in [-0.15, -0.1) is 0 Å². The number of rotatable bonds is 5. The van der Waals surface area contributed by atoms with Crippen LogP contribution in [0.5, 0.6) is 0 Å². The molecule has 3 aromatic rings. The molecule has 0 aliphatic heterocycles. The van der Waals surface area contributed by atoms with E-state index in [1.807, 2.05) is 47.2 Å². The molecule has 1 aromatic carbocycles. The van der Waals surface area contributed by atoms with Gasteiger partial charge in [0.2, 0.25) is 5.91 Å². The van der Waals surface area contributed by atoms with Crippen molar-refractivity contribution >= 4 is 34.2 Å². The zero-order valence-electron chi connectivity index (χ0n) is 13.3. The average Bonchev–Trinajstić information content (AvgIpc) is 3.14. The number of nitrogens with one attached hydrogen (secondary N) is 1. The number of carbonyl (C=O) groups is 1. The van der Waals surface area contributed by atoms with Gasteiger partial charge in [0, 0.05) is 17.7 Å². The quantitative estimate of drug-likeness (QED) is 0.702. The first-order chi connectivity index (χ1) is 11.6. The number of pyridine rings is 1. The number of nitrogens with zero attached hydrogens (tertiary/aromatic N) is 1. The molecule has 1 unspecified atom stereocenters. The van der Waals surface area contributed by atoms with E-state index in [0.29, 0.717) is 0 Å². The summed E-state index contributed by atoms with van der Waals surface area (Å²) < 4.78 is 0. The number of hydrogen-bond donors (Lipinski definition) is 2. The highest BCUT2D eigenvalue weighted by atomic mass is 32.1. The van der Waals surface area contributed by atoms with Crippen LogP contribution in [0.1, 0.15) is 18.1 Å². The van der Waals surface area contributed by atoms with Crippen LogP contribution in [0.2, 0.25) is 0 Å². The van der Waals surface area contributed by atoms with Crippen molar-refractivity contribution in [3.63, 3.8) is 0 Å². The first-order valence-electron chi connectivity index (χ1n) is 7.61. The van der Waals surface area contributed by atoms with Crippen LogP contribution in [-0.2, 0) is 10.4 Å². The predicted molar refractivity (Wildman–Crippen MR) is 97.7 cm³/mol. The van der Waals surface area contributed by atoms with Crippen LogP contribution >= 0.6 is 11.3 Å². The summed E-state index contributed by atoms with van der Waals surface area (Å²) in [6.07, 6.45) is 4.96. The van der Waals surface area contributed by atoms with Crippen molar-refractivity contribution in [1.29, 1.82) is 0 Å². The molecule has 1 amide bonds. The summed E-state index contributed by atoms with van der Waals surface area (Å²) in [7, 11) is 0. The number of carbonyl (C=O) groups excluding carboxylic acids is 1. The molecule has 1 atom stereocenters. The van der Waals surface area contributed by atoms with E-state index >= 15 is 0 Å². The maximum Gasteiger partial charge on any atom is 0.244 e. The number of para-hydroxylation sites is 1. The lowest BCUT2D eigenvalue weighted by molar-refractivity contribution is -0.117. The third-order valence-corrected chi connectivity index (χ3v) is 4.53. The van der Waals surface area contributed by atoms with Gasteiger partial charge in [0.1, 0.15) is 5.60 Å². The summed E-state index contributed by atoms with van der Waals surface area (Å²) in [4.78, 5) is 16.3. The predicted octanol–water partition coefficient (Wildman–Crippen LogP) is 3.33. The Morgan fingerprint density at radius 1 is 1.33 bits per heavy atom. The molecule has 2 N–H and O–H groups in total. The van der Waals surface area contributed by atoms with Crippen LogP contribution in [0.3, 0.4) is 0 Å². The van der Waals surface area contributed by atoms with Crippen molar-refractivity contribution in [1.82, 2.24) is 10.3 Å². The van der Waals surface area contributed by atoms with E-state index in [4.69, 9.17) is 0 Å². The third-order valence-electron chi connectivity index (χ3n) is 3.85. The van der Waals surface area contributed by atoms with E-state index in [2.05, 4.69) is 10.3 Å². The Hall–Kier alpha value is -2.50. The molecule has 0 saturated heterocycles. The summed E-state index contributed by atoms with van der Waals surface area (Å²) in [5, 5.41) is 17.9. The van der Waals surface area contributed by atoms with Crippen LogP contribution in [0.25, 0.3) is 17.0 Å². The van der Waals surface area contributed by atoms with Crippen molar-refractivity contribution in [2.75, 3.05) is 6.54 Å². The average molecular weight is 338 g/mol. The lowest BCUT2D eigenvalue weighted by Crippen LogP contribution is -2.37. The lowest BCUT2D eigenvalue weighted by atomic mass is 9.99. The fraction of sp³-hybridized carbons (Fsp3) is 0.158. The van der Waals surface area contributed by atoms with Crippen molar-refractivity contribution in [3.8, 4) is 0 Å². The molecule has 5 heteroatoms. The van der Waals surface area contributed by atoms with Gasteiger partial charge in [-0.2, -0.15) is 11.3 Å². The number of fused-ring (bicyclic) bond motifs is 1. The highest BCUT2D eigenvalue weighted by Gasteiger charge is 2.23. The number of benzene rings is 1. The second-order valence-corrected chi connectivity index (χ2v) is 6.53. The monoisotopic (exact) mass is 338 g/mol. The molecule has 4 nitrogen and oxygen atoms in total. The van der Waals surface area contributed by atoms with Crippen LogP contribution in [0.15, 0.2) is 59.4 Å². The second kappa shape index (κ2) is 6.95. The summed E-state index contributed by atoms with van der Waals surface area (Å²) >= 11 is 1.52. The highest BCUT2D eigenvalue weighted by molar-refractivity contribution is 7.08. The topological polar surface area (TPSA) is 62.2 Å². The Morgan fingerprint density at radius 2 is 2.17 bits per heavy atom. The van der Waals surface area contributed by atoms with Crippen LogP contribution < -0.4 is 5.32 Å². The molecule has 0 radical (unpaired) electrons. The Kier molecular flexibility index (Phi) is 4.74. The summed E-state index contributed by atoms with van der Waals surface area (Å²) in [5.41, 5.74) is 1.55. The molecule has 2 aromatic heterocycles. The number of thiophene rings is 1. The van der Waals surface area contributed by atoms with Crippen molar-refractivity contribution in [2.45, 2.75) is 12.5 Å². The molecule has 0 fully saturated rings. The minimum Gasteiger partial charge on any atom is -0.384 e. The normalized spacial score (nSPS) is 13.9. The largest absolute Gasteiger partial charge is 0.384 e. The zero-order chi connectivity index (χ0) is 17.0. The maximum atomic E-state index is 12.0. The SMILES string of the molecule is CC(O)(CNC(=O)C=Cc1ccnc2ccccc12)c1ccsc1. The molecule has 0 saturated carbocycles. The summed E-state index contributed by atoms with van der Waals surface area (Å²) in [6, 6.07) is 11.5.